The highest BCUT2D eigenvalue weighted by atomic mass is 16.7. The van der Waals surface area contributed by atoms with Crippen LogP contribution < -0.4 is 21.1 Å². The lowest BCUT2D eigenvalue weighted by Gasteiger charge is -2.35. The second-order valence-electron chi connectivity index (χ2n) is 14.2. The third-order valence-corrected chi connectivity index (χ3v) is 9.23. The van der Waals surface area contributed by atoms with E-state index in [9.17, 15) is 24.0 Å². The van der Waals surface area contributed by atoms with Gasteiger partial charge >= 0.3 is 6.09 Å². The molecule has 1 unspecified atom stereocenters. The molecule has 13 nitrogen and oxygen atoms in total. The maximum Gasteiger partial charge on any atom is 0.408 e. The monoisotopic (exact) mass is 655 g/mol. The molecular formula is C34H49N5O8. The molecule has 0 aromatic heterocycles. The maximum absolute atomic E-state index is 14.4. The number of primary amides is 1. The summed E-state index contributed by atoms with van der Waals surface area (Å²) in [5.41, 5.74) is 6.81. The quantitative estimate of drug-likeness (QED) is 0.304. The van der Waals surface area contributed by atoms with E-state index >= 15 is 0 Å². The molecule has 4 rings (SSSR count). The maximum atomic E-state index is 14.4. The van der Waals surface area contributed by atoms with E-state index in [2.05, 4.69) is 15.8 Å². The Kier molecular flexibility index (Phi) is 10.9. The summed E-state index contributed by atoms with van der Waals surface area (Å²) < 4.78 is 11.1. The summed E-state index contributed by atoms with van der Waals surface area (Å²) in [5.74, 6) is -2.42. The highest BCUT2D eigenvalue weighted by molar-refractivity contribution is 6.37. The molecule has 1 aromatic rings. The Morgan fingerprint density at radius 2 is 1.74 bits per heavy atom. The number of hydrogen-bond donors (Lipinski definition) is 3. The smallest absolute Gasteiger partial charge is 0.408 e. The molecule has 4 amide bonds. The fourth-order valence-electron chi connectivity index (χ4n) is 6.84. The number of amides is 4. The number of likely N-dealkylation sites (tertiary alicyclic amines) is 1. The van der Waals surface area contributed by atoms with Crippen LogP contribution in [0.4, 0.5) is 4.79 Å². The number of nitrogens with zero attached hydrogens (tertiary/aromatic N) is 2. The summed E-state index contributed by atoms with van der Waals surface area (Å²) in [5, 5.41) is 9.85. The predicted octanol–water partition coefficient (Wildman–Crippen LogP) is 3.20. The third-order valence-electron chi connectivity index (χ3n) is 9.23. The van der Waals surface area contributed by atoms with Crippen molar-refractivity contribution in [2.24, 2.45) is 16.3 Å². The van der Waals surface area contributed by atoms with Crippen LogP contribution in [0.5, 0.6) is 5.75 Å². The normalized spacial score (nSPS) is 22.3. The summed E-state index contributed by atoms with van der Waals surface area (Å²) in [6.45, 7) is 11.1. The Labute approximate surface area is 276 Å². The molecule has 0 radical (unpaired) electrons. The molecule has 13 heteroatoms. The number of nitrogens with two attached hydrogens (primary N) is 1. The summed E-state index contributed by atoms with van der Waals surface area (Å²) in [6, 6.07) is 0.631. The minimum absolute atomic E-state index is 0.000812. The zero-order chi connectivity index (χ0) is 34.7. The number of oxime groups is 1. The van der Waals surface area contributed by atoms with E-state index in [1.165, 1.54) is 4.90 Å². The van der Waals surface area contributed by atoms with Crippen molar-refractivity contribution in [1.29, 1.82) is 0 Å². The van der Waals surface area contributed by atoms with Crippen LogP contribution in [0, 0.1) is 19.3 Å². The van der Waals surface area contributed by atoms with Gasteiger partial charge in [0.05, 0.1) is 25.4 Å². The van der Waals surface area contributed by atoms with Crippen molar-refractivity contribution >= 4 is 35.3 Å². The Balaban J connectivity index is 1.63. The van der Waals surface area contributed by atoms with Crippen LogP contribution in [-0.4, -0.2) is 83.7 Å². The van der Waals surface area contributed by atoms with Crippen LogP contribution in [0.3, 0.4) is 0 Å². The standard InChI is InChI=1S/C34H49N5O8/c1-8-11-23(26(40)29(35)41)36-30(42)25-17-34(16-24(38-47-34)21-14-19(2)27(45-7)20(3)15-21)18-39(25)31(43)28(33(4,5)6)37-32(44)46-22-12-9-10-13-22/h14-15,22-23,25,28H,8-13,16-18H2,1-7H3,(H2,35,41)(H,36,42)(H,37,44)/t23?,25-,28+,34+/m0/s1. The molecule has 1 saturated carbocycles. The molecule has 1 aromatic carbocycles. The first-order chi connectivity index (χ1) is 22.1. The average Bonchev–Trinajstić information content (AvgIpc) is 3.75. The Morgan fingerprint density at radius 1 is 1.11 bits per heavy atom. The summed E-state index contributed by atoms with van der Waals surface area (Å²) in [4.78, 5) is 73.1. The first-order valence-electron chi connectivity index (χ1n) is 16.4. The van der Waals surface area contributed by atoms with Crippen molar-refractivity contribution in [2.75, 3.05) is 13.7 Å². The van der Waals surface area contributed by atoms with Crippen molar-refractivity contribution < 1.29 is 38.3 Å². The van der Waals surface area contributed by atoms with Crippen molar-refractivity contribution in [1.82, 2.24) is 15.5 Å². The van der Waals surface area contributed by atoms with Gasteiger partial charge in [0.15, 0.2) is 5.60 Å². The lowest BCUT2D eigenvalue weighted by molar-refractivity contribution is -0.143. The number of aryl methyl sites for hydroxylation is 2. The summed E-state index contributed by atoms with van der Waals surface area (Å²) in [6.07, 6.45) is 3.67. The van der Waals surface area contributed by atoms with Crippen LogP contribution >= 0.6 is 0 Å². The topological polar surface area (TPSA) is 179 Å². The molecule has 258 valence electrons. The number of ether oxygens (including phenoxy) is 2. The Bertz CT molecular complexity index is 1410. The molecule has 1 aliphatic carbocycles. The van der Waals surface area contributed by atoms with E-state index in [1.807, 2.05) is 53.7 Å². The fraction of sp³-hybridized carbons (Fsp3) is 0.647. The number of nitrogens with one attached hydrogen (secondary N) is 2. The second kappa shape index (κ2) is 14.3. The largest absolute Gasteiger partial charge is 0.496 e. The number of methoxy groups -OCH3 is 1. The number of carbonyl (C=O) groups is 5. The molecule has 2 fully saturated rings. The van der Waals surface area contributed by atoms with Crippen LogP contribution in [0.25, 0.3) is 0 Å². The first kappa shape index (κ1) is 35.7. The molecule has 2 aliphatic heterocycles. The number of carbonyl (C=O) groups excluding carboxylic acids is 5. The first-order valence-corrected chi connectivity index (χ1v) is 16.4. The number of hydrogen-bond acceptors (Lipinski definition) is 9. The van der Waals surface area contributed by atoms with Gasteiger partial charge in [-0.1, -0.05) is 39.3 Å². The minimum atomic E-state index is -1.15. The number of alkyl carbamates (subject to hydrolysis) is 1. The van der Waals surface area contributed by atoms with Gasteiger partial charge in [0.2, 0.25) is 17.6 Å². The lowest BCUT2D eigenvalue weighted by atomic mass is 9.85. The van der Waals surface area contributed by atoms with Gasteiger partial charge in [-0.3, -0.25) is 19.2 Å². The molecule has 4 N–H and O–H groups in total. The van der Waals surface area contributed by atoms with Gasteiger partial charge in [0, 0.05) is 18.4 Å². The second-order valence-corrected chi connectivity index (χ2v) is 14.2. The summed E-state index contributed by atoms with van der Waals surface area (Å²) >= 11 is 0. The van der Waals surface area contributed by atoms with Gasteiger partial charge in [-0.2, -0.15) is 0 Å². The molecular weight excluding hydrogens is 606 g/mol. The van der Waals surface area contributed by atoms with Gasteiger partial charge in [-0.05, 0) is 74.6 Å². The minimum Gasteiger partial charge on any atom is -0.496 e. The zero-order valence-corrected chi connectivity index (χ0v) is 28.6. The summed E-state index contributed by atoms with van der Waals surface area (Å²) in [7, 11) is 1.62. The van der Waals surface area contributed by atoms with Gasteiger partial charge in [-0.25, -0.2) is 4.79 Å². The third kappa shape index (κ3) is 8.05. The van der Waals surface area contributed by atoms with E-state index in [0.29, 0.717) is 18.6 Å². The van der Waals surface area contributed by atoms with E-state index in [-0.39, 0.29) is 25.5 Å². The van der Waals surface area contributed by atoms with E-state index in [4.69, 9.17) is 20.0 Å². The highest BCUT2D eigenvalue weighted by Gasteiger charge is 2.55. The number of rotatable bonds is 11. The lowest BCUT2D eigenvalue weighted by Crippen LogP contribution is -2.59. The number of ketones is 1. The van der Waals surface area contributed by atoms with E-state index < -0.39 is 58.7 Å². The molecule has 1 saturated heterocycles. The number of benzene rings is 1. The van der Waals surface area contributed by atoms with Crippen molar-refractivity contribution in [3.05, 3.63) is 28.8 Å². The molecule has 1 spiro atoms. The van der Waals surface area contributed by atoms with E-state index in [1.54, 1.807) is 7.11 Å². The van der Waals surface area contributed by atoms with Crippen LogP contribution in [-0.2, 0) is 28.8 Å². The predicted molar refractivity (Wildman–Crippen MR) is 174 cm³/mol. The van der Waals surface area contributed by atoms with Crippen LogP contribution in [0.15, 0.2) is 17.3 Å². The zero-order valence-electron chi connectivity index (χ0n) is 28.6. The van der Waals surface area contributed by atoms with Gasteiger partial charge in [-0.15, -0.1) is 0 Å². The number of Topliss-reactive ketones (excluding diaryl/α,β-unsaturated/α-hetero) is 1. The average molecular weight is 656 g/mol. The van der Waals surface area contributed by atoms with Gasteiger partial charge in [0.25, 0.3) is 5.91 Å². The van der Waals surface area contributed by atoms with E-state index in [0.717, 1.165) is 48.1 Å². The van der Waals surface area contributed by atoms with Crippen molar-refractivity contribution in [2.45, 2.75) is 123 Å². The van der Waals surface area contributed by atoms with Crippen LogP contribution in [0.2, 0.25) is 0 Å². The molecule has 0 bridgehead atoms. The molecule has 47 heavy (non-hydrogen) atoms. The Hall–Kier alpha value is -4.16. The fourth-order valence-corrected chi connectivity index (χ4v) is 6.84. The molecule has 3 aliphatic rings. The van der Waals surface area contributed by atoms with Crippen LogP contribution in [0.1, 0.15) is 95.8 Å². The van der Waals surface area contributed by atoms with Gasteiger partial charge < -0.3 is 35.6 Å². The Morgan fingerprint density at radius 3 is 2.30 bits per heavy atom. The SMILES string of the molecule is CCCC(NC(=O)[C@@H]1C[C@]2(CC(c3cc(C)c(OC)c(C)c3)=NO2)CN1C(=O)[C@@H](NC(=O)OC1CCCC1)C(C)(C)C)C(=O)C(N)=O. The van der Waals surface area contributed by atoms with Gasteiger partial charge in [0.1, 0.15) is 23.9 Å². The molecule has 2 heterocycles. The highest BCUT2D eigenvalue weighted by Crippen LogP contribution is 2.41. The van der Waals surface area contributed by atoms with Crippen molar-refractivity contribution in [3.63, 3.8) is 0 Å². The van der Waals surface area contributed by atoms with Crippen molar-refractivity contribution in [3.8, 4) is 5.75 Å². The molecule has 4 atom stereocenters.